The maximum atomic E-state index is 5.22. The van der Waals surface area contributed by atoms with Gasteiger partial charge in [0.1, 0.15) is 5.69 Å². The lowest BCUT2D eigenvalue weighted by Crippen LogP contribution is -2.04. The van der Waals surface area contributed by atoms with E-state index in [-0.39, 0.29) is 5.92 Å². The topological polar surface area (TPSA) is 60.8 Å². The molecule has 3 heterocycles. The molecular weight excluding hydrogens is 324 g/mol. The molecule has 0 bridgehead atoms. The van der Waals surface area contributed by atoms with E-state index in [9.17, 15) is 0 Å². The van der Waals surface area contributed by atoms with Crippen molar-refractivity contribution in [2.24, 2.45) is 0 Å². The van der Waals surface area contributed by atoms with Crippen LogP contribution in [0.4, 0.5) is 0 Å². The highest BCUT2D eigenvalue weighted by atomic mass is 16.5. The first-order chi connectivity index (χ1) is 12.7. The van der Waals surface area contributed by atoms with Gasteiger partial charge < -0.3 is 4.74 Å². The van der Waals surface area contributed by atoms with Gasteiger partial charge in [-0.05, 0) is 24.3 Å². The number of rotatable bonds is 4. The van der Waals surface area contributed by atoms with Gasteiger partial charge in [-0.15, -0.1) is 0 Å². The molecule has 5 nitrogen and oxygen atoms in total. The van der Waals surface area contributed by atoms with E-state index < -0.39 is 0 Å². The van der Waals surface area contributed by atoms with Crippen LogP contribution in [0, 0.1) is 0 Å². The highest BCUT2D eigenvalue weighted by molar-refractivity contribution is 5.79. The third kappa shape index (κ3) is 3.11. The monoisotopic (exact) mass is 342 g/mol. The van der Waals surface area contributed by atoms with Gasteiger partial charge in [-0.2, -0.15) is 0 Å². The van der Waals surface area contributed by atoms with Crippen LogP contribution in [0.25, 0.3) is 22.4 Å². The van der Waals surface area contributed by atoms with Gasteiger partial charge in [0.25, 0.3) is 0 Å². The summed E-state index contributed by atoms with van der Waals surface area (Å²) in [5, 5.41) is 1.02. The van der Waals surface area contributed by atoms with Crippen molar-refractivity contribution in [1.29, 1.82) is 0 Å². The van der Waals surface area contributed by atoms with Crippen LogP contribution in [0.1, 0.15) is 24.2 Å². The van der Waals surface area contributed by atoms with E-state index in [0.29, 0.717) is 11.7 Å². The average molecular weight is 342 g/mol. The first-order valence-electron chi connectivity index (χ1n) is 8.44. The Kier molecular flexibility index (Phi) is 4.27. The van der Waals surface area contributed by atoms with Crippen molar-refractivity contribution in [2.45, 2.75) is 12.8 Å². The van der Waals surface area contributed by atoms with E-state index in [1.807, 2.05) is 66.9 Å². The number of ether oxygens (including phenoxy) is 1. The minimum Gasteiger partial charge on any atom is -0.481 e. The molecule has 1 atom stereocenters. The molecule has 4 aromatic rings. The molecule has 3 aromatic heterocycles. The number of fused-ring (bicyclic) bond motifs is 1. The lowest BCUT2D eigenvalue weighted by molar-refractivity contribution is 0.396. The summed E-state index contributed by atoms with van der Waals surface area (Å²) in [5.74, 6) is 1.25. The summed E-state index contributed by atoms with van der Waals surface area (Å²) < 4.78 is 5.22. The number of hydrogen-bond donors (Lipinski definition) is 0. The molecule has 0 aliphatic carbocycles. The van der Waals surface area contributed by atoms with Crippen molar-refractivity contribution >= 4 is 10.9 Å². The van der Waals surface area contributed by atoms with E-state index >= 15 is 0 Å². The third-order valence-corrected chi connectivity index (χ3v) is 4.33. The summed E-state index contributed by atoms with van der Waals surface area (Å²) in [6.45, 7) is 2.08. The highest BCUT2D eigenvalue weighted by Crippen LogP contribution is 2.25. The molecule has 1 unspecified atom stereocenters. The number of para-hydroxylation sites is 1. The van der Waals surface area contributed by atoms with Crippen LogP contribution < -0.4 is 4.74 Å². The molecule has 0 aliphatic heterocycles. The maximum Gasteiger partial charge on any atom is 0.213 e. The van der Waals surface area contributed by atoms with Crippen LogP contribution in [-0.4, -0.2) is 27.0 Å². The summed E-state index contributed by atoms with van der Waals surface area (Å²) >= 11 is 0. The third-order valence-electron chi connectivity index (χ3n) is 4.33. The molecule has 1 aromatic carbocycles. The average Bonchev–Trinajstić information content (AvgIpc) is 2.73. The van der Waals surface area contributed by atoms with Crippen LogP contribution in [0.2, 0.25) is 0 Å². The Labute approximate surface area is 151 Å². The van der Waals surface area contributed by atoms with E-state index in [1.165, 1.54) is 0 Å². The second-order valence-electron chi connectivity index (χ2n) is 6.03. The Morgan fingerprint density at radius 1 is 0.808 bits per heavy atom. The van der Waals surface area contributed by atoms with Crippen molar-refractivity contribution in [3.05, 3.63) is 78.2 Å². The van der Waals surface area contributed by atoms with Gasteiger partial charge in [-0.25, -0.2) is 19.9 Å². The molecule has 128 valence electrons. The van der Waals surface area contributed by atoms with Crippen LogP contribution >= 0.6 is 0 Å². The van der Waals surface area contributed by atoms with E-state index in [4.69, 9.17) is 9.72 Å². The van der Waals surface area contributed by atoms with Crippen molar-refractivity contribution < 1.29 is 4.74 Å². The normalized spacial score (nSPS) is 12.1. The van der Waals surface area contributed by atoms with Gasteiger partial charge in [-0.1, -0.05) is 37.3 Å². The Hall–Kier alpha value is -3.34. The highest BCUT2D eigenvalue weighted by Gasteiger charge is 2.14. The second-order valence-corrected chi connectivity index (χ2v) is 6.03. The largest absolute Gasteiger partial charge is 0.481 e. The smallest absolute Gasteiger partial charge is 0.213 e. The zero-order valence-electron chi connectivity index (χ0n) is 14.6. The number of benzene rings is 1. The zero-order valence-corrected chi connectivity index (χ0v) is 14.6. The standard InChI is InChI=1S/C21H18N4O/c1-14(17-10-6-12-20(24-17)26-2)16-9-5-11-19(23-16)21-22-13-15-7-3-4-8-18(15)25-21/h3-14H,1-2H3. The number of methoxy groups -OCH3 is 1. The van der Waals surface area contributed by atoms with E-state index in [2.05, 4.69) is 21.9 Å². The summed E-state index contributed by atoms with van der Waals surface area (Å²) in [4.78, 5) is 18.4. The van der Waals surface area contributed by atoms with Crippen molar-refractivity contribution in [1.82, 2.24) is 19.9 Å². The molecule has 0 radical (unpaired) electrons. The molecule has 0 amide bonds. The van der Waals surface area contributed by atoms with Crippen molar-refractivity contribution in [2.75, 3.05) is 7.11 Å². The van der Waals surface area contributed by atoms with Gasteiger partial charge in [0.15, 0.2) is 5.82 Å². The minimum absolute atomic E-state index is 0.0329. The van der Waals surface area contributed by atoms with Gasteiger partial charge in [-0.3, -0.25) is 0 Å². The lowest BCUT2D eigenvalue weighted by atomic mass is 10.0. The van der Waals surface area contributed by atoms with Gasteiger partial charge >= 0.3 is 0 Å². The summed E-state index contributed by atoms with van der Waals surface area (Å²) in [5.41, 5.74) is 3.49. The number of aromatic nitrogens is 4. The quantitative estimate of drug-likeness (QED) is 0.555. The summed E-state index contributed by atoms with van der Waals surface area (Å²) in [7, 11) is 1.62. The van der Waals surface area contributed by atoms with Crippen LogP contribution in [0.3, 0.4) is 0 Å². The fourth-order valence-electron chi connectivity index (χ4n) is 2.85. The van der Waals surface area contributed by atoms with Gasteiger partial charge in [0.2, 0.25) is 5.88 Å². The molecule has 4 rings (SSSR count). The Morgan fingerprint density at radius 2 is 1.58 bits per heavy atom. The van der Waals surface area contributed by atoms with Crippen molar-refractivity contribution in [3.8, 4) is 17.4 Å². The predicted octanol–water partition coefficient (Wildman–Crippen LogP) is 4.25. The SMILES string of the molecule is COc1cccc(C(C)c2cccc(-c3ncc4ccccc4n3)n2)n1. The molecule has 0 aliphatic rings. The molecule has 0 saturated heterocycles. The van der Waals surface area contributed by atoms with Gasteiger partial charge in [0.05, 0.1) is 18.3 Å². The predicted molar refractivity (Wildman–Crippen MR) is 101 cm³/mol. The summed E-state index contributed by atoms with van der Waals surface area (Å²) in [6.07, 6.45) is 1.83. The van der Waals surface area contributed by atoms with Crippen LogP contribution in [0.15, 0.2) is 66.9 Å². The molecular formula is C21H18N4O. The van der Waals surface area contributed by atoms with Crippen molar-refractivity contribution in [3.63, 3.8) is 0 Å². The molecule has 5 heteroatoms. The minimum atomic E-state index is 0.0329. The zero-order chi connectivity index (χ0) is 17.9. The number of hydrogen-bond acceptors (Lipinski definition) is 5. The second kappa shape index (κ2) is 6.88. The Morgan fingerprint density at radius 3 is 2.42 bits per heavy atom. The van der Waals surface area contributed by atoms with Gasteiger partial charge in [0, 0.05) is 29.3 Å². The Bertz CT molecular complexity index is 1060. The van der Waals surface area contributed by atoms with Crippen LogP contribution in [-0.2, 0) is 0 Å². The first kappa shape index (κ1) is 16.1. The molecule has 0 N–H and O–H groups in total. The lowest BCUT2D eigenvalue weighted by Gasteiger charge is -2.12. The fraction of sp³-hybridized carbons (Fsp3) is 0.143. The number of pyridine rings is 2. The molecule has 0 saturated carbocycles. The van der Waals surface area contributed by atoms with Crippen LogP contribution in [0.5, 0.6) is 5.88 Å². The first-order valence-corrected chi connectivity index (χ1v) is 8.44. The van der Waals surface area contributed by atoms with E-state index in [1.54, 1.807) is 7.11 Å². The molecule has 0 fully saturated rings. The van der Waals surface area contributed by atoms with E-state index in [0.717, 1.165) is 28.0 Å². The fourth-order valence-corrected chi connectivity index (χ4v) is 2.85. The molecule has 0 spiro atoms. The maximum absolute atomic E-state index is 5.22. The number of nitrogens with zero attached hydrogens (tertiary/aromatic N) is 4. The summed E-state index contributed by atoms with van der Waals surface area (Å²) in [6, 6.07) is 19.6. The Balaban J connectivity index is 1.71. The molecule has 26 heavy (non-hydrogen) atoms.